The number of rotatable bonds is 5. The Morgan fingerprint density at radius 1 is 1.23 bits per heavy atom. The minimum Gasteiger partial charge on any atom is -0.461 e. The smallest absolute Gasteiger partial charge is 0.264 e. The van der Waals surface area contributed by atoms with Crippen LogP contribution in [-0.4, -0.2) is 68.4 Å². The monoisotopic (exact) mass is 487 g/mol. The number of piperazine rings is 1. The van der Waals surface area contributed by atoms with Crippen molar-refractivity contribution in [1.29, 1.82) is 0 Å². The molecule has 4 heterocycles. The van der Waals surface area contributed by atoms with Gasteiger partial charge >= 0.3 is 0 Å². The summed E-state index contributed by atoms with van der Waals surface area (Å²) < 4.78 is 7.85. The summed E-state index contributed by atoms with van der Waals surface area (Å²) in [4.78, 5) is 22.8. The molecule has 3 aromatic rings. The van der Waals surface area contributed by atoms with Gasteiger partial charge < -0.3 is 9.32 Å². The summed E-state index contributed by atoms with van der Waals surface area (Å²) in [5, 5.41) is 4.78. The van der Waals surface area contributed by atoms with Crippen molar-refractivity contribution < 1.29 is 9.21 Å². The topological polar surface area (TPSA) is 67.4 Å². The molecule has 0 aliphatic carbocycles. The number of fused-ring (bicyclic) bond motifs is 1. The Labute approximate surface area is 187 Å². The van der Waals surface area contributed by atoms with Gasteiger partial charge in [-0.1, -0.05) is 46.7 Å². The average Bonchev–Trinajstić information content (AvgIpc) is 3.48. The molecule has 2 aromatic heterocycles. The Kier molecular flexibility index (Phi) is 5.53. The molecule has 0 bridgehead atoms. The third kappa shape index (κ3) is 3.64. The zero-order valence-electron chi connectivity index (χ0n) is 16.6. The highest BCUT2D eigenvalue weighted by molar-refractivity contribution is 9.10. The lowest BCUT2D eigenvalue weighted by Gasteiger charge is -2.40. The van der Waals surface area contributed by atoms with Crippen molar-refractivity contribution in [1.82, 2.24) is 24.6 Å². The third-order valence-electron chi connectivity index (χ3n) is 5.73. The third-order valence-corrected chi connectivity index (χ3v) is 7.41. The Balaban J connectivity index is 1.45. The zero-order valence-corrected chi connectivity index (χ0v) is 19.0. The molecule has 0 N–H and O–H groups in total. The standard InChI is InChI=1S/C21H22BrN5O2S/c1-2-25-8-10-26(11-9-25)17(14-5-3-6-15(22)13-14)18-20(28)27-21(30-18)23-19(24-27)16-7-4-12-29-16/h3-7,12-13,17-18H,2,8-11H2,1H3. The molecule has 5 rings (SSSR count). The van der Waals surface area contributed by atoms with E-state index in [9.17, 15) is 4.79 Å². The maximum absolute atomic E-state index is 13.4. The van der Waals surface area contributed by atoms with Crippen molar-refractivity contribution in [3.05, 3.63) is 52.7 Å². The van der Waals surface area contributed by atoms with Crippen molar-refractivity contribution in [2.45, 2.75) is 23.4 Å². The van der Waals surface area contributed by atoms with E-state index in [1.807, 2.05) is 12.1 Å². The van der Waals surface area contributed by atoms with Crippen LogP contribution in [0.3, 0.4) is 0 Å². The van der Waals surface area contributed by atoms with E-state index in [0.29, 0.717) is 16.7 Å². The predicted octanol–water partition coefficient (Wildman–Crippen LogP) is 3.79. The summed E-state index contributed by atoms with van der Waals surface area (Å²) in [6, 6.07) is 11.8. The zero-order chi connectivity index (χ0) is 20.7. The Morgan fingerprint density at radius 2 is 2.07 bits per heavy atom. The van der Waals surface area contributed by atoms with E-state index in [-0.39, 0.29) is 17.2 Å². The number of benzene rings is 1. The van der Waals surface area contributed by atoms with Gasteiger partial charge in [0.2, 0.25) is 5.82 Å². The molecule has 1 fully saturated rings. The van der Waals surface area contributed by atoms with Crippen LogP contribution >= 0.6 is 27.7 Å². The molecular weight excluding hydrogens is 466 g/mol. The highest BCUT2D eigenvalue weighted by atomic mass is 79.9. The van der Waals surface area contributed by atoms with Gasteiger partial charge in [-0.25, -0.2) is 0 Å². The molecule has 156 valence electrons. The van der Waals surface area contributed by atoms with E-state index in [4.69, 9.17) is 4.42 Å². The van der Waals surface area contributed by atoms with Gasteiger partial charge in [0.05, 0.1) is 12.3 Å². The lowest BCUT2D eigenvalue weighted by molar-refractivity contribution is 0.0739. The lowest BCUT2D eigenvalue weighted by Crippen LogP contribution is -2.50. The molecule has 2 atom stereocenters. The maximum Gasteiger partial charge on any atom is 0.264 e. The van der Waals surface area contributed by atoms with Crippen LogP contribution in [0.25, 0.3) is 11.6 Å². The predicted molar refractivity (Wildman–Crippen MR) is 119 cm³/mol. The minimum absolute atomic E-state index is 0.0248. The van der Waals surface area contributed by atoms with E-state index in [1.165, 1.54) is 16.4 Å². The summed E-state index contributed by atoms with van der Waals surface area (Å²) in [6.45, 7) is 7.14. The molecule has 0 spiro atoms. The maximum atomic E-state index is 13.4. The van der Waals surface area contributed by atoms with Crippen LogP contribution in [0.2, 0.25) is 0 Å². The molecule has 30 heavy (non-hydrogen) atoms. The molecule has 9 heteroatoms. The fraction of sp³-hybridized carbons (Fsp3) is 0.381. The second kappa shape index (κ2) is 8.30. The van der Waals surface area contributed by atoms with Gasteiger partial charge in [0.1, 0.15) is 5.25 Å². The summed E-state index contributed by atoms with van der Waals surface area (Å²) >= 11 is 5.09. The van der Waals surface area contributed by atoms with Crippen molar-refractivity contribution in [2.24, 2.45) is 0 Å². The van der Waals surface area contributed by atoms with Crippen LogP contribution in [0.1, 0.15) is 23.3 Å². The molecular formula is C21H22BrN5O2S. The van der Waals surface area contributed by atoms with Crippen LogP contribution in [0.4, 0.5) is 0 Å². The van der Waals surface area contributed by atoms with Crippen molar-refractivity contribution in [3.63, 3.8) is 0 Å². The highest BCUT2D eigenvalue weighted by Crippen LogP contribution is 2.42. The molecule has 2 unspecified atom stereocenters. The highest BCUT2D eigenvalue weighted by Gasteiger charge is 2.43. The Morgan fingerprint density at radius 3 is 2.73 bits per heavy atom. The lowest BCUT2D eigenvalue weighted by atomic mass is 10.00. The number of thioether (sulfide) groups is 1. The molecule has 1 saturated heterocycles. The summed E-state index contributed by atoms with van der Waals surface area (Å²) in [6.07, 6.45) is 1.58. The second-order valence-electron chi connectivity index (χ2n) is 7.45. The summed E-state index contributed by atoms with van der Waals surface area (Å²) in [5.41, 5.74) is 1.14. The van der Waals surface area contributed by atoms with E-state index < -0.39 is 0 Å². The van der Waals surface area contributed by atoms with Crippen molar-refractivity contribution >= 4 is 33.6 Å². The number of carbonyl (C=O) groups excluding carboxylic acids is 1. The first-order valence-corrected chi connectivity index (χ1v) is 11.7. The first kappa shape index (κ1) is 20.0. The Bertz CT molecular complexity index is 1050. The van der Waals surface area contributed by atoms with Crippen molar-refractivity contribution in [3.8, 4) is 11.6 Å². The molecule has 7 nitrogen and oxygen atoms in total. The molecule has 0 amide bonds. The van der Waals surface area contributed by atoms with E-state index in [2.05, 4.69) is 54.9 Å². The van der Waals surface area contributed by atoms with Gasteiger partial charge in [0, 0.05) is 30.7 Å². The van der Waals surface area contributed by atoms with Gasteiger partial charge in [-0.05, 0) is 36.4 Å². The van der Waals surface area contributed by atoms with E-state index in [0.717, 1.165) is 42.8 Å². The molecule has 2 aliphatic rings. The number of hydrogen-bond acceptors (Lipinski definition) is 7. The number of furan rings is 1. The number of carbonyl (C=O) groups is 1. The van der Waals surface area contributed by atoms with Gasteiger partial charge in [-0.3, -0.25) is 9.69 Å². The van der Waals surface area contributed by atoms with Gasteiger partial charge in [-0.2, -0.15) is 9.67 Å². The number of nitrogens with zero attached hydrogens (tertiary/aromatic N) is 5. The second-order valence-corrected chi connectivity index (χ2v) is 9.48. The van der Waals surface area contributed by atoms with E-state index >= 15 is 0 Å². The minimum atomic E-state index is -0.284. The van der Waals surface area contributed by atoms with Gasteiger partial charge in [0.25, 0.3) is 5.91 Å². The van der Waals surface area contributed by atoms with Crippen LogP contribution < -0.4 is 0 Å². The van der Waals surface area contributed by atoms with E-state index in [1.54, 1.807) is 18.4 Å². The Hall–Kier alpha value is -1.94. The first-order valence-electron chi connectivity index (χ1n) is 10.1. The first-order chi connectivity index (χ1) is 14.6. The SMILES string of the molecule is CCN1CCN(C(c2cccc(Br)c2)C2Sc3nc(-c4ccco4)nn3C2=O)CC1. The number of likely N-dealkylation sites (N-methyl/N-ethyl adjacent to an activating group) is 1. The molecule has 1 aromatic carbocycles. The average molecular weight is 488 g/mol. The van der Waals surface area contributed by atoms with Gasteiger partial charge in [-0.15, -0.1) is 5.10 Å². The van der Waals surface area contributed by atoms with Crippen molar-refractivity contribution in [2.75, 3.05) is 32.7 Å². The fourth-order valence-electron chi connectivity index (χ4n) is 4.14. The quantitative estimate of drug-likeness (QED) is 0.542. The fourth-order valence-corrected chi connectivity index (χ4v) is 5.81. The molecule has 0 radical (unpaired) electrons. The largest absolute Gasteiger partial charge is 0.461 e. The summed E-state index contributed by atoms with van der Waals surface area (Å²) in [5.74, 6) is 0.995. The number of aromatic nitrogens is 3. The van der Waals surface area contributed by atoms with Crippen LogP contribution in [0.5, 0.6) is 0 Å². The van der Waals surface area contributed by atoms with Crippen LogP contribution in [0.15, 0.2) is 56.7 Å². The number of halogens is 1. The summed E-state index contributed by atoms with van der Waals surface area (Å²) in [7, 11) is 0. The number of hydrogen-bond donors (Lipinski definition) is 0. The van der Waals surface area contributed by atoms with Crippen LogP contribution in [0, 0.1) is 0 Å². The van der Waals surface area contributed by atoms with Gasteiger partial charge in [0.15, 0.2) is 10.9 Å². The van der Waals surface area contributed by atoms with Crippen LogP contribution in [-0.2, 0) is 0 Å². The molecule has 0 saturated carbocycles. The normalized spacial score (nSPS) is 21.1. The molecule has 2 aliphatic heterocycles.